The predicted octanol–water partition coefficient (Wildman–Crippen LogP) is 2.43. The van der Waals surface area contributed by atoms with E-state index in [0.717, 1.165) is 31.4 Å². The molecule has 112 valence electrons. The second-order valence-electron chi connectivity index (χ2n) is 5.48. The third-order valence-electron chi connectivity index (χ3n) is 4.34. The maximum atomic E-state index is 10.8. The second kappa shape index (κ2) is 6.55. The highest BCUT2D eigenvalue weighted by molar-refractivity contribution is 5.63. The zero-order valence-corrected chi connectivity index (χ0v) is 12.4. The third kappa shape index (κ3) is 3.31. The monoisotopic (exact) mass is 288 g/mol. The summed E-state index contributed by atoms with van der Waals surface area (Å²) in [5.74, 6) is 0. The summed E-state index contributed by atoms with van der Waals surface area (Å²) in [7, 11) is 3.95. The summed E-state index contributed by atoms with van der Waals surface area (Å²) in [6, 6.07) is 7.52. The summed E-state index contributed by atoms with van der Waals surface area (Å²) in [4.78, 5) is 12.4. The Morgan fingerprint density at radius 1 is 1.38 bits per heavy atom. The fourth-order valence-electron chi connectivity index (χ4n) is 2.98. The largest absolute Gasteiger partial charge is 0.371 e. The predicted molar refractivity (Wildman–Crippen MR) is 81.3 cm³/mol. The molecule has 0 unspecified atom stereocenters. The second-order valence-corrected chi connectivity index (χ2v) is 5.48. The first kappa shape index (κ1) is 15.3. The quantitative estimate of drug-likeness (QED) is 0.679. The number of nitrogens with zero attached hydrogens (tertiary/aromatic N) is 3. The standard InChI is InChI=1S/C15H20N4O2/c1-17-12-3-5-13(6-4-12)18(2)15-8-7-14(19(20)21)9-11(15)10-16/h7-9,12-13,17H,3-6H2,1-2H3. The number of nitro groups is 1. The molecule has 1 fully saturated rings. The molecular formula is C15H20N4O2. The van der Waals surface area contributed by atoms with Gasteiger partial charge in [0, 0.05) is 31.3 Å². The van der Waals surface area contributed by atoms with Crippen molar-refractivity contribution >= 4 is 11.4 Å². The van der Waals surface area contributed by atoms with E-state index in [1.54, 1.807) is 6.07 Å². The van der Waals surface area contributed by atoms with Gasteiger partial charge in [-0.1, -0.05) is 0 Å². The Morgan fingerprint density at radius 3 is 2.57 bits per heavy atom. The van der Waals surface area contributed by atoms with Crippen molar-refractivity contribution in [2.75, 3.05) is 19.0 Å². The molecule has 0 saturated heterocycles. The van der Waals surface area contributed by atoms with Crippen molar-refractivity contribution in [3.63, 3.8) is 0 Å². The van der Waals surface area contributed by atoms with Gasteiger partial charge in [-0.15, -0.1) is 0 Å². The van der Waals surface area contributed by atoms with Gasteiger partial charge in [0.15, 0.2) is 0 Å². The van der Waals surface area contributed by atoms with E-state index in [2.05, 4.69) is 16.3 Å². The Bertz CT molecular complexity index is 559. The zero-order chi connectivity index (χ0) is 15.4. The number of nitro benzene ring substituents is 1. The smallest absolute Gasteiger partial charge is 0.270 e. The molecule has 2 rings (SSSR count). The Hall–Kier alpha value is -2.13. The average molecular weight is 288 g/mol. The van der Waals surface area contributed by atoms with Crippen LogP contribution in [0.2, 0.25) is 0 Å². The average Bonchev–Trinajstić information content (AvgIpc) is 2.53. The number of rotatable bonds is 4. The summed E-state index contributed by atoms with van der Waals surface area (Å²) in [6.45, 7) is 0. The Balaban J connectivity index is 2.18. The van der Waals surface area contributed by atoms with E-state index in [1.165, 1.54) is 12.1 Å². The van der Waals surface area contributed by atoms with Gasteiger partial charge in [0.1, 0.15) is 6.07 Å². The third-order valence-corrected chi connectivity index (χ3v) is 4.34. The minimum absolute atomic E-state index is 0.0393. The van der Waals surface area contributed by atoms with Crippen LogP contribution in [-0.4, -0.2) is 31.1 Å². The highest BCUT2D eigenvalue weighted by Crippen LogP contribution is 2.30. The lowest BCUT2D eigenvalue weighted by Gasteiger charge is -2.36. The molecule has 0 amide bonds. The summed E-state index contributed by atoms with van der Waals surface area (Å²) in [6.07, 6.45) is 4.34. The van der Waals surface area contributed by atoms with Gasteiger partial charge >= 0.3 is 0 Å². The number of non-ortho nitro benzene ring substituents is 1. The van der Waals surface area contributed by atoms with E-state index in [9.17, 15) is 15.4 Å². The normalized spacial score (nSPS) is 21.6. The van der Waals surface area contributed by atoms with Gasteiger partial charge in [0.25, 0.3) is 5.69 Å². The lowest BCUT2D eigenvalue weighted by Crippen LogP contribution is -2.40. The summed E-state index contributed by atoms with van der Waals surface area (Å²) in [5.41, 5.74) is 1.10. The van der Waals surface area contributed by atoms with Crippen LogP contribution in [0.15, 0.2) is 18.2 Å². The minimum Gasteiger partial charge on any atom is -0.371 e. The van der Waals surface area contributed by atoms with Crippen molar-refractivity contribution < 1.29 is 4.92 Å². The summed E-state index contributed by atoms with van der Waals surface area (Å²) < 4.78 is 0. The van der Waals surface area contributed by atoms with Crippen molar-refractivity contribution in [3.05, 3.63) is 33.9 Å². The number of benzene rings is 1. The lowest BCUT2D eigenvalue weighted by molar-refractivity contribution is -0.384. The Morgan fingerprint density at radius 2 is 2.05 bits per heavy atom. The SMILES string of the molecule is CNC1CCC(N(C)c2ccc([N+](=O)[O-])cc2C#N)CC1. The van der Waals surface area contributed by atoms with Crippen LogP contribution in [0.5, 0.6) is 0 Å². The minimum atomic E-state index is -0.470. The fraction of sp³-hybridized carbons (Fsp3) is 0.533. The van der Waals surface area contributed by atoms with Crippen LogP contribution >= 0.6 is 0 Å². The summed E-state index contributed by atoms with van der Waals surface area (Å²) in [5, 5.41) is 23.3. The first-order chi connectivity index (χ1) is 10.1. The molecule has 0 bridgehead atoms. The maximum Gasteiger partial charge on any atom is 0.270 e. The van der Waals surface area contributed by atoms with E-state index in [-0.39, 0.29) is 5.69 Å². The zero-order valence-electron chi connectivity index (χ0n) is 12.4. The highest BCUT2D eigenvalue weighted by Gasteiger charge is 2.25. The number of hydrogen-bond donors (Lipinski definition) is 1. The molecule has 21 heavy (non-hydrogen) atoms. The molecule has 1 saturated carbocycles. The van der Waals surface area contributed by atoms with Gasteiger partial charge in [-0.05, 0) is 38.8 Å². The molecule has 0 spiro atoms. The van der Waals surface area contributed by atoms with Crippen LogP contribution in [0.3, 0.4) is 0 Å². The van der Waals surface area contributed by atoms with E-state index in [1.807, 2.05) is 14.1 Å². The van der Waals surface area contributed by atoms with Gasteiger partial charge in [0.05, 0.1) is 16.2 Å². The first-order valence-corrected chi connectivity index (χ1v) is 7.15. The number of hydrogen-bond acceptors (Lipinski definition) is 5. The molecule has 1 aliphatic carbocycles. The van der Waals surface area contributed by atoms with E-state index in [4.69, 9.17) is 0 Å². The van der Waals surface area contributed by atoms with Crippen LogP contribution in [0.4, 0.5) is 11.4 Å². The van der Waals surface area contributed by atoms with Crippen molar-refractivity contribution in [3.8, 4) is 6.07 Å². The molecule has 6 nitrogen and oxygen atoms in total. The molecule has 1 aliphatic rings. The van der Waals surface area contributed by atoms with Gasteiger partial charge in [-0.25, -0.2) is 0 Å². The maximum absolute atomic E-state index is 10.8. The van der Waals surface area contributed by atoms with Crippen LogP contribution < -0.4 is 10.2 Å². The van der Waals surface area contributed by atoms with Crippen LogP contribution in [0.25, 0.3) is 0 Å². The molecule has 0 atom stereocenters. The van der Waals surface area contributed by atoms with Gasteiger partial charge < -0.3 is 10.2 Å². The van der Waals surface area contributed by atoms with Gasteiger partial charge in [-0.2, -0.15) is 5.26 Å². The fourth-order valence-corrected chi connectivity index (χ4v) is 2.98. The lowest BCUT2D eigenvalue weighted by atomic mass is 9.90. The molecule has 0 heterocycles. The van der Waals surface area contributed by atoms with Crippen molar-refractivity contribution in [1.82, 2.24) is 5.32 Å². The van der Waals surface area contributed by atoms with Gasteiger partial charge in [0.2, 0.25) is 0 Å². The number of nitrogens with one attached hydrogen (secondary N) is 1. The van der Waals surface area contributed by atoms with Crippen LogP contribution in [-0.2, 0) is 0 Å². The molecular weight excluding hydrogens is 268 g/mol. The van der Waals surface area contributed by atoms with Crippen LogP contribution in [0, 0.1) is 21.4 Å². The molecule has 1 aromatic carbocycles. The molecule has 0 radical (unpaired) electrons. The molecule has 6 heteroatoms. The first-order valence-electron chi connectivity index (χ1n) is 7.15. The van der Waals surface area contributed by atoms with Crippen molar-refractivity contribution in [2.45, 2.75) is 37.8 Å². The number of anilines is 1. The molecule has 1 N–H and O–H groups in total. The van der Waals surface area contributed by atoms with Gasteiger partial charge in [-0.3, -0.25) is 10.1 Å². The van der Waals surface area contributed by atoms with E-state index < -0.39 is 4.92 Å². The topological polar surface area (TPSA) is 82.2 Å². The molecule has 0 aromatic heterocycles. The van der Waals surface area contributed by atoms with Crippen molar-refractivity contribution in [1.29, 1.82) is 5.26 Å². The Kier molecular flexibility index (Phi) is 4.76. The number of nitriles is 1. The molecule has 1 aromatic rings. The summed E-state index contributed by atoms with van der Waals surface area (Å²) >= 11 is 0. The van der Waals surface area contributed by atoms with Crippen LogP contribution in [0.1, 0.15) is 31.2 Å². The Labute approximate surface area is 124 Å². The van der Waals surface area contributed by atoms with E-state index in [0.29, 0.717) is 17.6 Å². The van der Waals surface area contributed by atoms with Crippen molar-refractivity contribution in [2.24, 2.45) is 0 Å². The van der Waals surface area contributed by atoms with E-state index >= 15 is 0 Å². The molecule has 0 aliphatic heterocycles. The highest BCUT2D eigenvalue weighted by atomic mass is 16.6.